The molecule has 0 aromatic heterocycles. The maximum Gasteiger partial charge on any atom is 0.231 e. The van der Waals surface area contributed by atoms with E-state index in [0.717, 1.165) is 0 Å². The summed E-state index contributed by atoms with van der Waals surface area (Å²) < 4.78 is 10.4. The van der Waals surface area contributed by atoms with Gasteiger partial charge in [-0.15, -0.1) is 0 Å². The molecule has 0 aliphatic carbocycles. The van der Waals surface area contributed by atoms with Gasteiger partial charge in [0.05, 0.1) is 30.3 Å². The van der Waals surface area contributed by atoms with Gasteiger partial charge < -0.3 is 20.5 Å². The van der Waals surface area contributed by atoms with Crippen LogP contribution in [-0.4, -0.2) is 26.7 Å². The fraction of sp³-hybridized carbons (Fsp3) is 0.500. The molecular weight excluding hydrogens is 280 g/mol. The molecule has 1 rings (SSSR count). The average molecular weight is 301 g/mol. The SMILES string of the molecule is CCC(C)(CN)C(=O)Nc1cc(Cl)c(OC)cc1OC. The summed E-state index contributed by atoms with van der Waals surface area (Å²) in [5.74, 6) is 0.802. The first-order valence-corrected chi connectivity index (χ1v) is 6.72. The second-order valence-corrected chi connectivity index (χ2v) is 5.17. The minimum Gasteiger partial charge on any atom is -0.495 e. The first-order valence-electron chi connectivity index (χ1n) is 6.35. The molecule has 0 saturated carbocycles. The first kappa shape index (κ1) is 16.6. The predicted octanol–water partition coefficient (Wildman–Crippen LogP) is 2.67. The summed E-state index contributed by atoms with van der Waals surface area (Å²) in [4.78, 5) is 12.3. The number of nitrogens with one attached hydrogen (secondary N) is 1. The molecule has 0 fully saturated rings. The summed E-state index contributed by atoms with van der Waals surface area (Å²) in [5, 5.41) is 3.21. The number of hydrogen-bond acceptors (Lipinski definition) is 4. The quantitative estimate of drug-likeness (QED) is 0.847. The van der Waals surface area contributed by atoms with Crippen LogP contribution in [0.5, 0.6) is 11.5 Å². The molecule has 1 aromatic rings. The Kier molecular flexibility index (Phi) is 5.65. The fourth-order valence-corrected chi connectivity index (χ4v) is 1.87. The molecular formula is C14H21ClN2O3. The van der Waals surface area contributed by atoms with Crippen LogP contribution in [0.4, 0.5) is 5.69 Å². The van der Waals surface area contributed by atoms with Crippen LogP contribution in [0.3, 0.4) is 0 Å². The van der Waals surface area contributed by atoms with E-state index in [4.69, 9.17) is 26.8 Å². The number of nitrogens with two attached hydrogens (primary N) is 1. The Morgan fingerprint density at radius 3 is 2.40 bits per heavy atom. The van der Waals surface area contributed by atoms with E-state index < -0.39 is 5.41 Å². The molecule has 1 unspecified atom stereocenters. The zero-order valence-corrected chi connectivity index (χ0v) is 13.0. The minimum atomic E-state index is -0.628. The van der Waals surface area contributed by atoms with Crippen molar-refractivity contribution in [3.05, 3.63) is 17.2 Å². The summed E-state index contributed by atoms with van der Waals surface area (Å²) in [7, 11) is 3.03. The van der Waals surface area contributed by atoms with Crippen molar-refractivity contribution in [3.8, 4) is 11.5 Å². The Hall–Kier alpha value is -1.46. The standard InChI is InChI=1S/C14H21ClN2O3/c1-5-14(2,8-16)13(18)17-10-6-9(15)11(19-3)7-12(10)20-4/h6-7H,5,8,16H2,1-4H3,(H,17,18). The lowest BCUT2D eigenvalue weighted by Gasteiger charge is -2.25. The molecule has 0 heterocycles. The van der Waals surface area contributed by atoms with Crippen molar-refractivity contribution in [3.63, 3.8) is 0 Å². The van der Waals surface area contributed by atoms with Gasteiger partial charge in [0.1, 0.15) is 11.5 Å². The summed E-state index contributed by atoms with van der Waals surface area (Å²) in [6, 6.07) is 3.23. The van der Waals surface area contributed by atoms with Crippen LogP contribution in [0, 0.1) is 5.41 Å². The summed E-state index contributed by atoms with van der Waals surface area (Å²) in [6.07, 6.45) is 0.640. The molecule has 6 heteroatoms. The Balaban J connectivity index is 3.09. The Morgan fingerprint density at radius 1 is 1.35 bits per heavy atom. The van der Waals surface area contributed by atoms with E-state index in [1.165, 1.54) is 14.2 Å². The molecule has 0 saturated heterocycles. The summed E-state index contributed by atoms with van der Waals surface area (Å²) in [5.41, 5.74) is 5.55. The Bertz CT molecular complexity index is 488. The van der Waals surface area contributed by atoms with Gasteiger partial charge in [0, 0.05) is 12.6 Å². The van der Waals surface area contributed by atoms with Gasteiger partial charge in [0.15, 0.2) is 0 Å². The van der Waals surface area contributed by atoms with Crippen LogP contribution >= 0.6 is 11.6 Å². The van der Waals surface area contributed by atoms with E-state index in [-0.39, 0.29) is 12.5 Å². The number of amides is 1. The van der Waals surface area contributed by atoms with Gasteiger partial charge in [-0.05, 0) is 19.4 Å². The third kappa shape index (κ3) is 3.35. The van der Waals surface area contributed by atoms with Crippen LogP contribution in [0.2, 0.25) is 5.02 Å². The largest absolute Gasteiger partial charge is 0.495 e. The highest BCUT2D eigenvalue weighted by molar-refractivity contribution is 6.32. The van der Waals surface area contributed by atoms with Crippen molar-refractivity contribution >= 4 is 23.2 Å². The molecule has 20 heavy (non-hydrogen) atoms. The number of methoxy groups -OCH3 is 2. The Morgan fingerprint density at radius 2 is 1.95 bits per heavy atom. The molecule has 0 radical (unpaired) electrons. The zero-order chi connectivity index (χ0) is 15.3. The lowest BCUT2D eigenvalue weighted by Crippen LogP contribution is -2.39. The van der Waals surface area contributed by atoms with Gasteiger partial charge in [-0.1, -0.05) is 18.5 Å². The number of rotatable bonds is 6. The minimum absolute atomic E-state index is 0.165. The molecule has 0 spiro atoms. The Labute approximate surface area is 124 Å². The molecule has 0 bridgehead atoms. The third-order valence-electron chi connectivity index (χ3n) is 3.50. The lowest BCUT2D eigenvalue weighted by atomic mass is 9.86. The van der Waals surface area contributed by atoms with E-state index in [2.05, 4.69) is 5.32 Å². The number of carbonyl (C=O) groups excluding carboxylic acids is 1. The first-order chi connectivity index (χ1) is 9.41. The average Bonchev–Trinajstić information content (AvgIpc) is 2.46. The second-order valence-electron chi connectivity index (χ2n) is 4.76. The van der Waals surface area contributed by atoms with Crippen LogP contribution < -0.4 is 20.5 Å². The van der Waals surface area contributed by atoms with Crippen LogP contribution in [0.1, 0.15) is 20.3 Å². The molecule has 0 aliphatic rings. The molecule has 0 aliphatic heterocycles. The maximum atomic E-state index is 12.3. The smallest absolute Gasteiger partial charge is 0.231 e. The van der Waals surface area contributed by atoms with E-state index in [1.807, 2.05) is 13.8 Å². The predicted molar refractivity (Wildman–Crippen MR) is 80.6 cm³/mol. The number of hydrogen-bond donors (Lipinski definition) is 2. The van der Waals surface area contributed by atoms with Crippen LogP contribution in [0.15, 0.2) is 12.1 Å². The van der Waals surface area contributed by atoms with Gasteiger partial charge in [0.2, 0.25) is 5.91 Å². The van der Waals surface area contributed by atoms with E-state index in [0.29, 0.717) is 28.6 Å². The molecule has 1 aromatic carbocycles. The van der Waals surface area contributed by atoms with Crippen molar-refractivity contribution in [2.75, 3.05) is 26.1 Å². The van der Waals surface area contributed by atoms with Gasteiger partial charge >= 0.3 is 0 Å². The van der Waals surface area contributed by atoms with Gasteiger partial charge in [-0.25, -0.2) is 0 Å². The number of carbonyl (C=O) groups is 1. The van der Waals surface area contributed by atoms with Crippen molar-refractivity contribution in [2.24, 2.45) is 11.1 Å². The highest BCUT2D eigenvalue weighted by Crippen LogP contribution is 2.36. The van der Waals surface area contributed by atoms with Crippen LogP contribution in [-0.2, 0) is 4.79 Å². The lowest BCUT2D eigenvalue weighted by molar-refractivity contribution is -0.124. The van der Waals surface area contributed by atoms with Gasteiger partial charge in [-0.2, -0.15) is 0 Å². The number of halogens is 1. The third-order valence-corrected chi connectivity index (χ3v) is 3.80. The van der Waals surface area contributed by atoms with E-state index in [9.17, 15) is 4.79 Å². The van der Waals surface area contributed by atoms with Gasteiger partial charge in [-0.3, -0.25) is 4.79 Å². The summed E-state index contributed by atoms with van der Waals surface area (Å²) in [6.45, 7) is 4.01. The number of anilines is 1. The molecule has 112 valence electrons. The van der Waals surface area contributed by atoms with Gasteiger partial charge in [0.25, 0.3) is 0 Å². The van der Waals surface area contributed by atoms with Crippen molar-refractivity contribution < 1.29 is 14.3 Å². The van der Waals surface area contributed by atoms with E-state index >= 15 is 0 Å². The topological polar surface area (TPSA) is 73.6 Å². The normalized spacial score (nSPS) is 13.5. The monoisotopic (exact) mass is 300 g/mol. The zero-order valence-electron chi connectivity index (χ0n) is 12.2. The van der Waals surface area contributed by atoms with Crippen molar-refractivity contribution in [1.29, 1.82) is 0 Å². The maximum absolute atomic E-state index is 12.3. The number of ether oxygens (including phenoxy) is 2. The molecule has 3 N–H and O–H groups in total. The fourth-order valence-electron chi connectivity index (χ4n) is 1.63. The molecule has 5 nitrogen and oxygen atoms in total. The molecule has 1 atom stereocenters. The van der Waals surface area contributed by atoms with E-state index in [1.54, 1.807) is 12.1 Å². The highest BCUT2D eigenvalue weighted by Gasteiger charge is 2.30. The van der Waals surface area contributed by atoms with Crippen molar-refractivity contribution in [1.82, 2.24) is 0 Å². The second kappa shape index (κ2) is 6.81. The van der Waals surface area contributed by atoms with Crippen LogP contribution in [0.25, 0.3) is 0 Å². The highest BCUT2D eigenvalue weighted by atomic mass is 35.5. The summed E-state index contributed by atoms with van der Waals surface area (Å²) >= 11 is 6.07. The molecule has 1 amide bonds. The number of benzene rings is 1. The van der Waals surface area contributed by atoms with Crippen molar-refractivity contribution in [2.45, 2.75) is 20.3 Å².